The molecule has 0 bridgehead atoms. The molecule has 1 amide bonds. The van der Waals surface area contributed by atoms with E-state index in [0.717, 1.165) is 20.4 Å². The van der Waals surface area contributed by atoms with Crippen LogP contribution in [0.2, 0.25) is 10.0 Å². The molecular formula is C18H11Cl2N3OS2. The number of benzene rings is 2. The Kier molecular flexibility index (Phi) is 4.67. The lowest BCUT2D eigenvalue weighted by atomic mass is 10.3. The summed E-state index contributed by atoms with van der Waals surface area (Å²) in [7, 11) is 0. The standard InChI is InChI=1S/C18H11Cl2N3OS2/c1-2-9-23-15-13(8-7-10(19)14(15)20)26-18(23)22-16(24)17-21-11-5-3-4-6-12(11)25-17/h2-8H,1,9H2. The highest BCUT2D eigenvalue weighted by atomic mass is 35.5. The van der Waals surface area contributed by atoms with Gasteiger partial charge in [0.2, 0.25) is 0 Å². The number of thiazole rings is 2. The second-order valence-electron chi connectivity index (χ2n) is 5.40. The molecule has 0 unspecified atom stereocenters. The summed E-state index contributed by atoms with van der Waals surface area (Å²) in [5, 5.41) is 1.26. The number of rotatable bonds is 3. The van der Waals surface area contributed by atoms with Gasteiger partial charge in [-0.2, -0.15) is 4.99 Å². The third-order valence-corrected chi connectivity index (χ3v) is 6.58. The van der Waals surface area contributed by atoms with E-state index in [1.807, 2.05) is 34.9 Å². The highest BCUT2D eigenvalue weighted by molar-refractivity contribution is 7.20. The van der Waals surface area contributed by atoms with Crippen molar-refractivity contribution in [3.8, 4) is 0 Å². The van der Waals surface area contributed by atoms with Crippen LogP contribution >= 0.6 is 45.9 Å². The van der Waals surface area contributed by atoms with Gasteiger partial charge in [0.1, 0.15) is 0 Å². The largest absolute Gasteiger partial charge is 0.311 e. The minimum atomic E-state index is -0.377. The van der Waals surface area contributed by atoms with Crippen LogP contribution < -0.4 is 4.80 Å². The third kappa shape index (κ3) is 2.99. The molecule has 2 aromatic heterocycles. The van der Waals surface area contributed by atoms with Crippen LogP contribution in [0.5, 0.6) is 0 Å². The fraction of sp³-hybridized carbons (Fsp3) is 0.0556. The maximum atomic E-state index is 12.7. The maximum Gasteiger partial charge on any atom is 0.308 e. The summed E-state index contributed by atoms with van der Waals surface area (Å²) in [5.41, 5.74) is 1.54. The van der Waals surface area contributed by atoms with E-state index in [4.69, 9.17) is 23.2 Å². The Balaban J connectivity index is 1.89. The Morgan fingerprint density at radius 2 is 2.00 bits per heavy atom. The SMILES string of the molecule is C=CCn1c(=NC(=O)c2nc3ccccc3s2)sc2ccc(Cl)c(Cl)c21. The number of hydrogen-bond donors (Lipinski definition) is 0. The van der Waals surface area contributed by atoms with Gasteiger partial charge in [-0.3, -0.25) is 4.79 Å². The highest BCUT2D eigenvalue weighted by Gasteiger charge is 2.15. The molecule has 0 atom stereocenters. The molecule has 0 spiro atoms. The second-order valence-corrected chi connectivity index (χ2v) is 8.22. The molecular weight excluding hydrogens is 409 g/mol. The third-order valence-electron chi connectivity index (χ3n) is 3.72. The number of amides is 1. The molecule has 0 N–H and O–H groups in total. The molecule has 2 aromatic carbocycles. The molecule has 0 aliphatic heterocycles. The number of allylic oxidation sites excluding steroid dienone is 1. The Hall–Kier alpha value is -1.99. The van der Waals surface area contributed by atoms with E-state index in [1.165, 1.54) is 22.7 Å². The van der Waals surface area contributed by atoms with Gasteiger partial charge in [0.25, 0.3) is 0 Å². The zero-order chi connectivity index (χ0) is 18.3. The van der Waals surface area contributed by atoms with E-state index in [9.17, 15) is 4.79 Å². The van der Waals surface area contributed by atoms with Crippen molar-refractivity contribution in [3.05, 3.63) is 68.9 Å². The first-order valence-corrected chi connectivity index (χ1v) is 10.00. The van der Waals surface area contributed by atoms with Crippen LogP contribution in [-0.2, 0) is 6.54 Å². The van der Waals surface area contributed by atoms with Crippen molar-refractivity contribution in [2.75, 3.05) is 0 Å². The zero-order valence-electron chi connectivity index (χ0n) is 13.3. The predicted molar refractivity (Wildman–Crippen MR) is 110 cm³/mol. The molecule has 0 fully saturated rings. The van der Waals surface area contributed by atoms with Gasteiger partial charge in [0.15, 0.2) is 9.81 Å². The molecule has 8 heteroatoms. The Labute approximate surface area is 166 Å². The minimum absolute atomic E-state index is 0.359. The van der Waals surface area contributed by atoms with Gasteiger partial charge in [-0.05, 0) is 24.3 Å². The lowest BCUT2D eigenvalue weighted by molar-refractivity contribution is 0.0997. The number of carbonyl (C=O) groups excluding carboxylic acids is 1. The van der Waals surface area contributed by atoms with Crippen LogP contribution in [0, 0.1) is 0 Å². The molecule has 0 saturated carbocycles. The van der Waals surface area contributed by atoms with Crippen molar-refractivity contribution in [2.45, 2.75) is 6.54 Å². The van der Waals surface area contributed by atoms with Crippen molar-refractivity contribution in [1.29, 1.82) is 0 Å². The van der Waals surface area contributed by atoms with E-state index in [-0.39, 0.29) is 5.91 Å². The molecule has 130 valence electrons. The predicted octanol–water partition coefficient (Wildman–Crippen LogP) is 5.55. The fourth-order valence-electron chi connectivity index (χ4n) is 2.59. The smallest absolute Gasteiger partial charge is 0.308 e. The summed E-state index contributed by atoms with van der Waals surface area (Å²) >= 11 is 15.2. The lowest BCUT2D eigenvalue weighted by Gasteiger charge is -2.03. The van der Waals surface area contributed by atoms with Crippen LogP contribution in [0.4, 0.5) is 0 Å². The summed E-state index contributed by atoms with van der Waals surface area (Å²) in [5.74, 6) is -0.377. The van der Waals surface area contributed by atoms with E-state index < -0.39 is 0 Å². The molecule has 0 aliphatic rings. The number of aromatic nitrogens is 2. The number of fused-ring (bicyclic) bond motifs is 2. The van der Waals surface area contributed by atoms with Crippen molar-refractivity contribution in [1.82, 2.24) is 9.55 Å². The van der Waals surface area contributed by atoms with Gasteiger partial charge in [0.05, 0.1) is 30.5 Å². The number of para-hydroxylation sites is 1. The maximum absolute atomic E-state index is 12.7. The number of halogens is 2. The summed E-state index contributed by atoms with van der Waals surface area (Å²) in [6, 6.07) is 11.2. The summed E-state index contributed by atoms with van der Waals surface area (Å²) in [4.78, 5) is 21.9. The average Bonchev–Trinajstić information content (AvgIpc) is 3.21. The summed E-state index contributed by atoms with van der Waals surface area (Å²) in [6.07, 6.45) is 1.73. The molecule has 0 radical (unpaired) electrons. The van der Waals surface area contributed by atoms with Gasteiger partial charge in [-0.25, -0.2) is 4.98 Å². The summed E-state index contributed by atoms with van der Waals surface area (Å²) in [6.45, 7) is 4.24. The molecule has 4 aromatic rings. The first-order valence-electron chi connectivity index (χ1n) is 7.61. The van der Waals surface area contributed by atoms with Crippen molar-refractivity contribution in [3.63, 3.8) is 0 Å². The van der Waals surface area contributed by atoms with Crippen molar-refractivity contribution >= 4 is 72.2 Å². The minimum Gasteiger partial charge on any atom is -0.311 e. The molecule has 0 saturated heterocycles. The number of carbonyl (C=O) groups is 1. The number of nitrogens with zero attached hydrogens (tertiary/aromatic N) is 3. The molecule has 2 heterocycles. The van der Waals surface area contributed by atoms with Gasteiger partial charge in [-0.1, -0.05) is 52.7 Å². The summed E-state index contributed by atoms with van der Waals surface area (Å²) < 4.78 is 3.69. The number of hydrogen-bond acceptors (Lipinski definition) is 4. The first kappa shape index (κ1) is 17.4. The van der Waals surface area contributed by atoms with E-state index in [1.54, 1.807) is 12.1 Å². The lowest BCUT2D eigenvalue weighted by Crippen LogP contribution is -2.16. The van der Waals surface area contributed by atoms with Crippen LogP contribution in [0.15, 0.2) is 54.0 Å². The van der Waals surface area contributed by atoms with Gasteiger partial charge in [0, 0.05) is 6.54 Å². The van der Waals surface area contributed by atoms with E-state index in [0.29, 0.717) is 26.4 Å². The van der Waals surface area contributed by atoms with Crippen molar-refractivity contribution < 1.29 is 4.79 Å². The second kappa shape index (κ2) is 6.96. The molecule has 26 heavy (non-hydrogen) atoms. The average molecular weight is 420 g/mol. The van der Waals surface area contributed by atoms with Crippen LogP contribution in [0.1, 0.15) is 9.80 Å². The quantitative estimate of drug-likeness (QED) is 0.408. The first-order chi connectivity index (χ1) is 12.6. The van der Waals surface area contributed by atoms with Gasteiger partial charge < -0.3 is 4.57 Å². The van der Waals surface area contributed by atoms with Gasteiger partial charge >= 0.3 is 5.91 Å². The van der Waals surface area contributed by atoms with Crippen molar-refractivity contribution in [2.24, 2.45) is 4.99 Å². The van der Waals surface area contributed by atoms with Crippen LogP contribution in [0.25, 0.3) is 20.4 Å². The molecule has 4 rings (SSSR count). The Bertz CT molecular complexity index is 1200. The van der Waals surface area contributed by atoms with Crippen LogP contribution in [0.3, 0.4) is 0 Å². The van der Waals surface area contributed by atoms with E-state index in [2.05, 4.69) is 16.6 Å². The normalized spacial score (nSPS) is 12.2. The van der Waals surface area contributed by atoms with Gasteiger partial charge in [-0.15, -0.1) is 17.9 Å². The highest BCUT2D eigenvalue weighted by Crippen LogP contribution is 2.32. The van der Waals surface area contributed by atoms with Crippen LogP contribution in [-0.4, -0.2) is 15.5 Å². The Morgan fingerprint density at radius 3 is 2.77 bits per heavy atom. The fourth-order valence-corrected chi connectivity index (χ4v) is 4.96. The monoisotopic (exact) mass is 419 g/mol. The molecule has 4 nitrogen and oxygen atoms in total. The molecule has 0 aliphatic carbocycles. The van der Waals surface area contributed by atoms with E-state index >= 15 is 0 Å². The zero-order valence-corrected chi connectivity index (χ0v) is 16.4. The Morgan fingerprint density at radius 1 is 1.19 bits per heavy atom. The topological polar surface area (TPSA) is 47.2 Å².